The van der Waals surface area contributed by atoms with E-state index in [2.05, 4.69) is 10.3 Å². The fraction of sp³-hybridized carbons (Fsp3) is 0.333. The molecule has 0 spiro atoms. The molecule has 0 saturated carbocycles. The summed E-state index contributed by atoms with van der Waals surface area (Å²) < 4.78 is 15.6. The molecular formula is C18H17Cl2FN2O3. The van der Waals surface area contributed by atoms with Crippen LogP contribution in [0.1, 0.15) is 29.7 Å². The Morgan fingerprint density at radius 1 is 1.31 bits per heavy atom. The van der Waals surface area contributed by atoms with Gasteiger partial charge in [-0.25, -0.2) is 4.39 Å². The molecule has 0 saturated heterocycles. The van der Waals surface area contributed by atoms with Crippen LogP contribution in [0.15, 0.2) is 36.5 Å². The first-order chi connectivity index (χ1) is 12.3. The van der Waals surface area contributed by atoms with Gasteiger partial charge >= 0.3 is 0 Å². The Kier molecular flexibility index (Phi) is 5.21. The number of carbonyl (C=O) groups is 1. The lowest BCUT2D eigenvalue weighted by atomic mass is 9.74. The second kappa shape index (κ2) is 7.12. The molecule has 0 aliphatic heterocycles. The van der Waals surface area contributed by atoms with Crippen molar-refractivity contribution < 1.29 is 19.4 Å². The Bertz CT molecular complexity index is 851. The number of amides is 1. The molecule has 5 nitrogen and oxygen atoms in total. The number of aliphatic hydroxyl groups excluding tert-OH is 1. The first kappa shape index (κ1) is 19.0. The maximum atomic E-state index is 15.6. The second-order valence-corrected chi connectivity index (χ2v) is 7.15. The van der Waals surface area contributed by atoms with E-state index in [1.54, 1.807) is 12.1 Å². The minimum Gasteiger partial charge on any atom is -0.393 e. The van der Waals surface area contributed by atoms with Crippen molar-refractivity contribution in [2.75, 3.05) is 6.61 Å². The van der Waals surface area contributed by atoms with Gasteiger partial charge in [0.25, 0.3) is 5.91 Å². The van der Waals surface area contributed by atoms with Crippen molar-refractivity contribution in [1.29, 1.82) is 0 Å². The number of aromatic nitrogens is 1. The molecule has 2 aromatic rings. The zero-order chi connectivity index (χ0) is 18.9. The molecule has 0 radical (unpaired) electrons. The lowest BCUT2D eigenvalue weighted by Crippen LogP contribution is -2.49. The fourth-order valence-corrected chi connectivity index (χ4v) is 3.57. The van der Waals surface area contributed by atoms with Gasteiger partial charge in [-0.2, -0.15) is 0 Å². The van der Waals surface area contributed by atoms with Gasteiger partial charge in [-0.3, -0.25) is 9.78 Å². The molecule has 0 unspecified atom stereocenters. The van der Waals surface area contributed by atoms with Crippen molar-refractivity contribution in [3.63, 3.8) is 0 Å². The van der Waals surface area contributed by atoms with Crippen LogP contribution in [0.3, 0.4) is 0 Å². The van der Waals surface area contributed by atoms with Gasteiger partial charge < -0.3 is 15.5 Å². The highest BCUT2D eigenvalue weighted by atomic mass is 35.5. The number of pyridine rings is 1. The highest BCUT2D eigenvalue weighted by molar-refractivity contribution is 6.35. The van der Waals surface area contributed by atoms with Crippen LogP contribution in [0.25, 0.3) is 0 Å². The number of hydrogen-bond donors (Lipinski definition) is 3. The van der Waals surface area contributed by atoms with E-state index in [9.17, 15) is 15.0 Å². The molecule has 1 aromatic carbocycles. The molecule has 1 aliphatic rings. The van der Waals surface area contributed by atoms with Crippen LogP contribution in [-0.4, -0.2) is 27.7 Å². The number of nitrogens with one attached hydrogen (secondary N) is 1. The smallest absolute Gasteiger partial charge is 0.262 e. The summed E-state index contributed by atoms with van der Waals surface area (Å²) in [5.74, 6) is -0.849. The number of fused-ring (bicyclic) bond motifs is 1. The van der Waals surface area contributed by atoms with Gasteiger partial charge in [0.05, 0.1) is 12.3 Å². The molecule has 0 bridgehead atoms. The van der Waals surface area contributed by atoms with E-state index in [1.165, 1.54) is 24.4 Å². The van der Waals surface area contributed by atoms with Gasteiger partial charge in [-0.1, -0.05) is 35.3 Å². The first-order valence-corrected chi connectivity index (χ1v) is 8.76. The van der Waals surface area contributed by atoms with Crippen LogP contribution < -0.4 is 5.32 Å². The van der Waals surface area contributed by atoms with Crippen molar-refractivity contribution in [2.45, 2.75) is 30.7 Å². The number of rotatable bonds is 4. The predicted octanol–water partition coefficient (Wildman–Crippen LogP) is 2.84. The molecule has 138 valence electrons. The van der Waals surface area contributed by atoms with E-state index < -0.39 is 23.8 Å². The SMILES string of the molecule is O=C(NCc1ccc(Cl)cc1Cl)[C@@]1(F)CC[C@](O)(CO)c2ncccc21. The maximum absolute atomic E-state index is 15.6. The highest BCUT2D eigenvalue weighted by Gasteiger charge is 2.51. The second-order valence-electron chi connectivity index (χ2n) is 6.31. The van der Waals surface area contributed by atoms with E-state index in [0.29, 0.717) is 15.6 Å². The Hall–Kier alpha value is -1.73. The number of carbonyl (C=O) groups excluding carboxylic acids is 1. The van der Waals surface area contributed by atoms with Crippen molar-refractivity contribution in [1.82, 2.24) is 10.3 Å². The van der Waals surface area contributed by atoms with Crippen molar-refractivity contribution in [3.05, 3.63) is 63.4 Å². The molecule has 1 amide bonds. The molecule has 1 aliphatic carbocycles. The summed E-state index contributed by atoms with van der Waals surface area (Å²) in [6.07, 6.45) is 0.985. The maximum Gasteiger partial charge on any atom is 0.262 e. The minimum absolute atomic E-state index is 0.0177. The number of hydrogen-bond acceptors (Lipinski definition) is 4. The van der Waals surface area contributed by atoms with E-state index in [0.717, 1.165) is 0 Å². The lowest BCUT2D eigenvalue weighted by molar-refractivity contribution is -0.138. The largest absolute Gasteiger partial charge is 0.393 e. The monoisotopic (exact) mass is 398 g/mol. The number of halogens is 3. The number of aliphatic hydroxyl groups is 2. The average Bonchev–Trinajstić information content (AvgIpc) is 2.64. The van der Waals surface area contributed by atoms with E-state index in [-0.39, 0.29) is 30.6 Å². The summed E-state index contributed by atoms with van der Waals surface area (Å²) in [5.41, 5.74) is -3.48. The summed E-state index contributed by atoms with van der Waals surface area (Å²) in [6.45, 7) is -0.574. The molecule has 0 fully saturated rings. The molecule has 8 heteroatoms. The molecule has 2 atom stereocenters. The topological polar surface area (TPSA) is 82.5 Å². The third-order valence-electron chi connectivity index (χ3n) is 4.63. The summed E-state index contributed by atoms with van der Waals surface area (Å²) in [7, 11) is 0. The van der Waals surface area contributed by atoms with Crippen molar-refractivity contribution in [2.24, 2.45) is 0 Å². The Labute approximate surface area is 159 Å². The first-order valence-electron chi connectivity index (χ1n) is 8.00. The van der Waals surface area contributed by atoms with Gasteiger partial charge in [0.15, 0.2) is 0 Å². The van der Waals surface area contributed by atoms with Crippen LogP contribution >= 0.6 is 23.2 Å². The summed E-state index contributed by atoms with van der Waals surface area (Å²) >= 11 is 11.9. The summed E-state index contributed by atoms with van der Waals surface area (Å²) in [6, 6.07) is 7.70. The predicted molar refractivity (Wildman–Crippen MR) is 95.5 cm³/mol. The molecule has 26 heavy (non-hydrogen) atoms. The molecule has 3 rings (SSSR count). The zero-order valence-corrected chi connectivity index (χ0v) is 15.2. The summed E-state index contributed by atoms with van der Waals surface area (Å²) in [5, 5.41) is 23.3. The molecule has 1 aromatic heterocycles. The average molecular weight is 399 g/mol. The number of benzene rings is 1. The van der Waals surface area contributed by atoms with E-state index in [1.807, 2.05) is 0 Å². The van der Waals surface area contributed by atoms with Crippen LogP contribution in [0.4, 0.5) is 4.39 Å². The van der Waals surface area contributed by atoms with Crippen LogP contribution in [0.5, 0.6) is 0 Å². The fourth-order valence-electron chi connectivity index (χ4n) is 3.10. The minimum atomic E-state index is -2.36. The Morgan fingerprint density at radius 3 is 2.77 bits per heavy atom. The molecular weight excluding hydrogens is 382 g/mol. The van der Waals surface area contributed by atoms with E-state index >= 15 is 4.39 Å². The summed E-state index contributed by atoms with van der Waals surface area (Å²) in [4.78, 5) is 16.6. The third kappa shape index (κ3) is 3.30. The van der Waals surface area contributed by atoms with Crippen molar-refractivity contribution >= 4 is 29.1 Å². The lowest BCUT2D eigenvalue weighted by Gasteiger charge is -2.38. The molecule has 3 N–H and O–H groups in total. The number of nitrogens with zero attached hydrogens (tertiary/aromatic N) is 1. The van der Waals surface area contributed by atoms with Crippen LogP contribution in [0, 0.1) is 0 Å². The quantitative estimate of drug-likeness (QED) is 0.739. The zero-order valence-electron chi connectivity index (χ0n) is 13.7. The van der Waals surface area contributed by atoms with Crippen LogP contribution in [-0.2, 0) is 22.6 Å². The molecule has 1 heterocycles. The normalized spacial score (nSPS) is 24.8. The van der Waals surface area contributed by atoms with E-state index in [4.69, 9.17) is 23.2 Å². The van der Waals surface area contributed by atoms with Gasteiger partial charge in [-0.15, -0.1) is 0 Å². The van der Waals surface area contributed by atoms with Crippen LogP contribution in [0.2, 0.25) is 10.0 Å². The third-order valence-corrected chi connectivity index (χ3v) is 5.22. The Morgan fingerprint density at radius 2 is 2.08 bits per heavy atom. The number of alkyl halides is 1. The Balaban J connectivity index is 1.85. The van der Waals surface area contributed by atoms with Gasteiger partial charge in [0, 0.05) is 28.4 Å². The van der Waals surface area contributed by atoms with Gasteiger partial charge in [-0.05, 0) is 36.6 Å². The van der Waals surface area contributed by atoms with Crippen molar-refractivity contribution in [3.8, 4) is 0 Å². The highest BCUT2D eigenvalue weighted by Crippen LogP contribution is 2.45. The van der Waals surface area contributed by atoms with Gasteiger partial charge in [0.1, 0.15) is 5.60 Å². The van der Waals surface area contributed by atoms with Gasteiger partial charge in [0.2, 0.25) is 5.67 Å². The standard InChI is InChI=1S/C18H17Cl2FN2O3/c19-12-4-3-11(14(20)8-12)9-23-16(25)18(21)6-5-17(26,10-24)15-13(18)2-1-7-22-15/h1-4,7-8,24,26H,5-6,9-10H2,(H,23,25)/t17-,18+/m0/s1.